The average Bonchev–Trinajstić information content (AvgIpc) is 3.41. The van der Waals surface area contributed by atoms with Gasteiger partial charge >= 0.3 is 5.97 Å². The normalized spacial score (nSPS) is 43.9. The number of hydrogen-bond acceptors (Lipinski definition) is 7. The van der Waals surface area contributed by atoms with Gasteiger partial charge in [0.05, 0.1) is 18.6 Å². The third-order valence-corrected chi connectivity index (χ3v) is 11.4. The van der Waals surface area contributed by atoms with Gasteiger partial charge in [-0.05, 0) is 48.8 Å². The number of carbonyl (C=O) groups excluding carboxylic acids is 2. The van der Waals surface area contributed by atoms with Crippen LogP contribution in [-0.2, 0) is 19.0 Å². The van der Waals surface area contributed by atoms with Crippen LogP contribution in [0.25, 0.3) is 0 Å². The molecule has 3 saturated heterocycles. The van der Waals surface area contributed by atoms with Crippen LogP contribution >= 0.6 is 39.1 Å². The fourth-order valence-electron chi connectivity index (χ4n) is 8.12. The second kappa shape index (κ2) is 8.88. The Morgan fingerprint density at radius 1 is 1.22 bits per heavy atom. The topological polar surface area (TPSA) is 102 Å². The Balaban J connectivity index is 1.41. The van der Waals surface area contributed by atoms with E-state index in [4.69, 9.17) is 37.4 Å². The first-order chi connectivity index (χ1) is 17.4. The van der Waals surface area contributed by atoms with E-state index in [0.29, 0.717) is 37.0 Å². The highest BCUT2D eigenvalue weighted by atomic mass is 79.9. The highest BCUT2D eigenvalue weighted by Crippen LogP contribution is 2.68. The number of ether oxygens (including phenoxy) is 3. The summed E-state index contributed by atoms with van der Waals surface area (Å²) in [6, 6.07) is 3.85. The molecule has 4 fully saturated rings. The number of aliphatic hydroxyl groups is 2. The monoisotopic (exact) mass is 616 g/mol. The summed E-state index contributed by atoms with van der Waals surface area (Å²) in [5, 5.41) is 22.2. The Bertz CT molecular complexity index is 1160. The van der Waals surface area contributed by atoms with E-state index < -0.39 is 40.3 Å². The van der Waals surface area contributed by atoms with Gasteiger partial charge in [-0.1, -0.05) is 41.9 Å². The fraction of sp³-hybridized carbons (Fsp3) is 0.704. The number of rotatable bonds is 4. The zero-order valence-electron chi connectivity index (χ0n) is 20.8. The third kappa shape index (κ3) is 3.45. The molecule has 0 unspecified atom stereocenters. The number of Topliss-reactive ketones (excluding diaryl/α,β-unsaturated/α-hetero) is 1. The predicted molar refractivity (Wildman–Crippen MR) is 139 cm³/mol. The molecule has 37 heavy (non-hydrogen) atoms. The number of hydrogen-bond donors (Lipinski definition) is 2. The van der Waals surface area contributed by atoms with Gasteiger partial charge in [-0.2, -0.15) is 0 Å². The van der Waals surface area contributed by atoms with Crippen molar-refractivity contribution in [1.29, 1.82) is 0 Å². The maximum absolute atomic E-state index is 14.3. The highest BCUT2D eigenvalue weighted by molar-refractivity contribution is 9.09. The van der Waals surface area contributed by atoms with Crippen molar-refractivity contribution in [3.8, 4) is 0 Å². The van der Waals surface area contributed by atoms with Crippen LogP contribution in [0.1, 0.15) is 72.0 Å². The third-order valence-electron chi connectivity index (χ3n) is 9.83. The lowest BCUT2D eigenvalue weighted by atomic mass is 9.54. The number of aliphatic hydroxyl groups excluding tert-OH is 2. The summed E-state index contributed by atoms with van der Waals surface area (Å²) >= 11 is 16.6. The molecule has 2 N–H and O–H groups in total. The minimum absolute atomic E-state index is 0.0128. The zero-order valence-corrected chi connectivity index (χ0v) is 23.9. The Kier molecular flexibility index (Phi) is 6.36. The fourth-order valence-corrected chi connectivity index (χ4v) is 9.95. The van der Waals surface area contributed by atoms with E-state index >= 15 is 0 Å². The molecule has 11 atom stereocenters. The summed E-state index contributed by atoms with van der Waals surface area (Å²) < 4.78 is 17.5. The first kappa shape index (κ1) is 26.5. The number of ketones is 1. The summed E-state index contributed by atoms with van der Waals surface area (Å²) in [6.07, 6.45) is -1.53. The minimum atomic E-state index is -1.13. The molecule has 10 heteroatoms. The van der Waals surface area contributed by atoms with Crippen LogP contribution in [0.4, 0.5) is 0 Å². The van der Waals surface area contributed by atoms with Crippen LogP contribution < -0.4 is 0 Å². The number of esters is 1. The van der Waals surface area contributed by atoms with E-state index in [1.807, 2.05) is 26.0 Å². The molecular weight excluding hydrogens is 587 g/mol. The van der Waals surface area contributed by atoms with Gasteiger partial charge in [0, 0.05) is 27.6 Å². The number of halogens is 3. The van der Waals surface area contributed by atoms with Gasteiger partial charge in [0.15, 0.2) is 12.1 Å². The lowest BCUT2D eigenvalue weighted by Crippen LogP contribution is -2.66. The first-order valence-corrected chi connectivity index (χ1v) is 14.7. The molecule has 7 nitrogen and oxygen atoms in total. The van der Waals surface area contributed by atoms with Gasteiger partial charge in [-0.15, -0.1) is 23.2 Å². The number of cyclic esters (lactones) is 1. The molecule has 3 heterocycles. The molecule has 1 aromatic rings. The molecule has 0 amide bonds. The Morgan fingerprint density at radius 2 is 1.95 bits per heavy atom. The molecule has 1 saturated carbocycles. The molecule has 2 bridgehead atoms. The summed E-state index contributed by atoms with van der Waals surface area (Å²) in [6.45, 7) is 5.98. The maximum Gasteiger partial charge on any atom is 0.309 e. The number of alkyl halides is 3. The molecule has 1 aromatic carbocycles. The van der Waals surface area contributed by atoms with Gasteiger partial charge in [-0.3, -0.25) is 9.59 Å². The van der Waals surface area contributed by atoms with Crippen LogP contribution in [0.15, 0.2) is 12.1 Å². The van der Waals surface area contributed by atoms with Crippen LogP contribution in [0.3, 0.4) is 0 Å². The largest absolute Gasteiger partial charge is 0.459 e. The van der Waals surface area contributed by atoms with Crippen molar-refractivity contribution < 1.29 is 34.0 Å². The summed E-state index contributed by atoms with van der Waals surface area (Å²) in [4.78, 5) is 25.1. The smallest absolute Gasteiger partial charge is 0.309 e. The average molecular weight is 618 g/mol. The number of carbonyl (C=O) groups is 2. The summed E-state index contributed by atoms with van der Waals surface area (Å²) in [5.41, 5.74) is 1.34. The van der Waals surface area contributed by atoms with Gasteiger partial charge < -0.3 is 24.4 Å². The standard InChI is InChI=1S/C27H31BrCl2O7/c1-10-6-16(36-24(10)33)21(31)19(23(29)30)13-4-5-14-15-7-17(28)27-25(34)35-9-12(37-27)8-26(27,3)20(15)22(32)18(14)11(13)2/h4-5,10,12,15-17,19-21,23,25,31,34H,6-9H2,1-3H3/t10-,12+,15-,16+,17-,19-,20+,21+,25+,26+,27+/m0/s1. The minimum Gasteiger partial charge on any atom is -0.459 e. The Hall–Kier alpha value is -0.740. The van der Waals surface area contributed by atoms with Gasteiger partial charge in [0.1, 0.15) is 22.6 Å². The highest BCUT2D eigenvalue weighted by Gasteiger charge is 2.74. The van der Waals surface area contributed by atoms with Gasteiger partial charge in [0.2, 0.25) is 0 Å². The lowest BCUT2D eigenvalue weighted by Gasteiger charge is -2.55. The van der Waals surface area contributed by atoms with E-state index in [-0.39, 0.29) is 40.4 Å². The number of benzene rings is 1. The Labute approximate surface area is 234 Å². The SMILES string of the molecule is Cc1c([C@H](C(Cl)Cl)[C@H](O)[C@H]2C[C@H](C)C(=O)O2)ccc2c1C(=O)[C@H]1[C@H]2C[C@H](Br)[C@@]23O[C@@H](CO[C@H]2O)C[C@]13C. The molecule has 3 aliphatic heterocycles. The Morgan fingerprint density at radius 3 is 2.59 bits per heavy atom. The van der Waals surface area contributed by atoms with E-state index in [9.17, 15) is 19.8 Å². The molecule has 6 rings (SSSR count). The van der Waals surface area contributed by atoms with E-state index in [2.05, 4.69) is 15.9 Å². The van der Waals surface area contributed by atoms with E-state index in [1.54, 1.807) is 6.92 Å². The van der Waals surface area contributed by atoms with Crippen molar-refractivity contribution in [2.45, 2.75) is 91.7 Å². The van der Waals surface area contributed by atoms with E-state index in [1.165, 1.54) is 0 Å². The molecule has 2 aliphatic carbocycles. The predicted octanol–water partition coefficient (Wildman–Crippen LogP) is 4.14. The summed E-state index contributed by atoms with van der Waals surface area (Å²) in [7, 11) is 0. The van der Waals surface area contributed by atoms with E-state index in [0.717, 1.165) is 11.1 Å². The van der Waals surface area contributed by atoms with Gasteiger partial charge in [-0.25, -0.2) is 0 Å². The molecule has 1 spiro atoms. The molecule has 5 aliphatic rings. The lowest BCUT2D eigenvalue weighted by molar-refractivity contribution is -0.303. The van der Waals surface area contributed by atoms with Crippen LogP contribution in [0, 0.1) is 24.2 Å². The first-order valence-electron chi connectivity index (χ1n) is 12.9. The van der Waals surface area contributed by atoms with Crippen LogP contribution in [0.2, 0.25) is 0 Å². The van der Waals surface area contributed by atoms with Crippen LogP contribution in [0.5, 0.6) is 0 Å². The molecule has 0 aromatic heterocycles. The molecular formula is C27H31BrCl2O7. The van der Waals surface area contributed by atoms with Crippen molar-refractivity contribution >= 4 is 50.9 Å². The van der Waals surface area contributed by atoms with Crippen molar-refractivity contribution in [2.75, 3.05) is 6.61 Å². The maximum atomic E-state index is 14.3. The van der Waals surface area contributed by atoms with Crippen LogP contribution in [-0.4, -0.2) is 68.4 Å². The zero-order chi connectivity index (χ0) is 26.6. The van der Waals surface area contributed by atoms with Crippen molar-refractivity contribution in [1.82, 2.24) is 0 Å². The quantitative estimate of drug-likeness (QED) is 0.387. The van der Waals surface area contributed by atoms with Crippen molar-refractivity contribution in [3.63, 3.8) is 0 Å². The molecule has 0 radical (unpaired) electrons. The number of fused-ring (bicyclic) bond motifs is 5. The summed E-state index contributed by atoms with van der Waals surface area (Å²) in [5.74, 6) is -1.83. The second-order valence-corrected chi connectivity index (χ2v) is 14.0. The molecule has 202 valence electrons. The second-order valence-electron chi connectivity index (χ2n) is 11.7. The van der Waals surface area contributed by atoms with Crippen molar-refractivity contribution in [3.05, 3.63) is 34.4 Å². The van der Waals surface area contributed by atoms with Gasteiger partial charge in [0.25, 0.3) is 0 Å². The van der Waals surface area contributed by atoms with Crippen molar-refractivity contribution in [2.24, 2.45) is 17.3 Å².